The van der Waals surface area contributed by atoms with Crippen LogP contribution in [0.2, 0.25) is 0 Å². The van der Waals surface area contributed by atoms with Crippen LogP contribution < -0.4 is 68.8 Å². The molecule has 14 heteroatoms. The predicted octanol–water partition coefficient (Wildman–Crippen LogP) is -6.67. The molecule has 0 heterocycles. The van der Waals surface area contributed by atoms with Gasteiger partial charge in [-0.25, -0.2) is 4.79 Å². The van der Waals surface area contributed by atoms with E-state index in [2.05, 4.69) is 0 Å². The van der Waals surface area contributed by atoms with Crippen molar-refractivity contribution in [3.05, 3.63) is 0 Å². The third-order valence-corrected chi connectivity index (χ3v) is 5.06. The largest absolute Gasteiger partial charge is 0.479 e. The molecular formula is C12H36N12O2. The summed E-state index contributed by atoms with van der Waals surface area (Å²) in [6, 6.07) is 0. The Morgan fingerprint density at radius 1 is 0.692 bits per heavy atom. The first-order chi connectivity index (χ1) is 11.3. The summed E-state index contributed by atoms with van der Waals surface area (Å²) in [6.07, 6.45) is 2.28. The van der Waals surface area contributed by atoms with Gasteiger partial charge >= 0.3 is 5.97 Å². The number of carboxylic acids is 1. The normalized spacial score (nSPS) is 15.3. The Hall–Kier alpha value is -1.01. The Morgan fingerprint density at radius 2 is 1.08 bits per heavy atom. The summed E-state index contributed by atoms with van der Waals surface area (Å²) in [5, 5.41) is 9.20. The monoisotopic (exact) mass is 380 g/mol. The van der Waals surface area contributed by atoms with Crippen molar-refractivity contribution < 1.29 is 9.90 Å². The summed E-state index contributed by atoms with van der Waals surface area (Å²) >= 11 is 0. The van der Waals surface area contributed by atoms with Gasteiger partial charge in [0, 0.05) is 0 Å². The molecule has 0 saturated heterocycles. The lowest BCUT2D eigenvalue weighted by Crippen LogP contribution is -3.05. The van der Waals surface area contributed by atoms with E-state index < -0.39 is 39.9 Å². The van der Waals surface area contributed by atoms with Gasteiger partial charge in [0.15, 0.2) is 5.66 Å². The van der Waals surface area contributed by atoms with E-state index >= 15 is 0 Å². The molecule has 156 valence electrons. The standard InChI is InChI=1S/C12H36N12O2/c1-2-3-4-5-7(13,14)9(17,18)11(21,22)12(23,24)10(19,20)8(15,16)6(25)26/h2-5,13-24H2,1H3,(H,25,26). The Balaban J connectivity index is 6.14. The summed E-state index contributed by atoms with van der Waals surface area (Å²) < 4.78 is 0. The van der Waals surface area contributed by atoms with Gasteiger partial charge in [-0.15, -0.1) is 0 Å². The second kappa shape index (κ2) is 7.19. The van der Waals surface area contributed by atoms with E-state index in [1.165, 1.54) is 0 Å². The minimum Gasteiger partial charge on any atom is -0.479 e. The zero-order valence-corrected chi connectivity index (χ0v) is 15.1. The number of hydrogen-bond donors (Lipinski definition) is 13. The molecule has 0 radical (unpaired) electrons. The highest BCUT2D eigenvalue weighted by Gasteiger charge is 2.69. The van der Waals surface area contributed by atoms with E-state index in [0.717, 1.165) is 12.8 Å². The van der Waals surface area contributed by atoms with Gasteiger partial charge in [0.2, 0.25) is 0 Å². The number of hydrogen-bond acceptors (Lipinski definition) is 13. The second-order valence-electron chi connectivity index (χ2n) is 7.15. The highest BCUT2D eigenvalue weighted by atomic mass is 16.4. The van der Waals surface area contributed by atoms with Gasteiger partial charge < -0.3 is 73.9 Å². The molecule has 0 saturated carbocycles. The molecule has 25 N–H and O–H groups in total. The molecule has 0 rings (SSSR count). The minimum atomic E-state index is -2.86. The second-order valence-corrected chi connectivity index (χ2v) is 7.15. The average Bonchev–Trinajstić information content (AvgIpc) is 2.46. The van der Waals surface area contributed by atoms with Crippen molar-refractivity contribution >= 4 is 5.97 Å². The van der Waals surface area contributed by atoms with Gasteiger partial charge in [-0.2, -0.15) is 0 Å². The van der Waals surface area contributed by atoms with Crippen LogP contribution in [0.5, 0.6) is 0 Å². The highest BCUT2D eigenvalue weighted by Crippen LogP contribution is 2.31. The first-order valence-electron chi connectivity index (χ1n) is 7.95. The number of rotatable bonds is 10. The van der Waals surface area contributed by atoms with Crippen LogP contribution in [0.4, 0.5) is 0 Å². The molecule has 0 aliphatic carbocycles. The lowest BCUT2D eigenvalue weighted by molar-refractivity contribution is -0.149. The molecular weight excluding hydrogens is 344 g/mol. The first kappa shape index (κ1) is 25.0. The molecule has 0 aromatic carbocycles. The Morgan fingerprint density at radius 3 is 1.42 bits per heavy atom. The first-order valence-corrected chi connectivity index (χ1v) is 7.95. The van der Waals surface area contributed by atoms with Crippen molar-refractivity contribution in [1.82, 2.24) is 0 Å². The van der Waals surface area contributed by atoms with Gasteiger partial charge in [0.05, 0.1) is 5.66 Å². The van der Waals surface area contributed by atoms with Crippen LogP contribution in [0.1, 0.15) is 32.6 Å². The van der Waals surface area contributed by atoms with E-state index in [1.807, 2.05) is 6.92 Å². The van der Waals surface area contributed by atoms with Gasteiger partial charge in [-0.05, 0) is 6.42 Å². The van der Waals surface area contributed by atoms with Crippen molar-refractivity contribution in [2.75, 3.05) is 0 Å². The van der Waals surface area contributed by atoms with Crippen molar-refractivity contribution in [1.29, 1.82) is 0 Å². The minimum absolute atomic E-state index is 0.0948. The van der Waals surface area contributed by atoms with Gasteiger partial charge in [-0.3, -0.25) is 0 Å². The summed E-state index contributed by atoms with van der Waals surface area (Å²) in [4.78, 5) is 11.3. The van der Waals surface area contributed by atoms with Crippen molar-refractivity contribution in [3.63, 3.8) is 0 Å². The van der Waals surface area contributed by atoms with E-state index in [4.69, 9.17) is 68.8 Å². The van der Waals surface area contributed by atoms with Gasteiger partial charge in [0.1, 0.15) is 22.7 Å². The van der Waals surface area contributed by atoms with Crippen LogP contribution in [0, 0.1) is 0 Å². The van der Waals surface area contributed by atoms with E-state index in [-0.39, 0.29) is 6.42 Å². The summed E-state index contributed by atoms with van der Waals surface area (Å²) in [6.45, 7) is 1.96. The van der Waals surface area contributed by atoms with Crippen LogP contribution in [0.25, 0.3) is 0 Å². The lowest BCUT2D eigenvalue weighted by atomic mass is 9.67. The van der Waals surface area contributed by atoms with Crippen LogP contribution in [0.3, 0.4) is 0 Å². The smallest absolute Gasteiger partial charge is 0.342 e. The molecule has 0 unspecified atom stereocenters. The molecule has 0 aromatic rings. The zero-order chi connectivity index (χ0) is 21.4. The third kappa shape index (κ3) is 3.55. The maximum Gasteiger partial charge on any atom is 0.342 e. The highest BCUT2D eigenvalue weighted by molar-refractivity contribution is 5.80. The molecule has 0 amide bonds. The molecule has 0 spiro atoms. The Bertz CT molecular complexity index is 514. The topological polar surface area (TPSA) is 350 Å². The van der Waals surface area contributed by atoms with Crippen LogP contribution in [-0.4, -0.2) is 45.1 Å². The zero-order valence-electron chi connectivity index (χ0n) is 15.1. The average molecular weight is 381 g/mol. The van der Waals surface area contributed by atoms with Crippen LogP contribution >= 0.6 is 0 Å². The third-order valence-electron chi connectivity index (χ3n) is 5.06. The molecule has 0 aliphatic rings. The molecule has 0 atom stereocenters. The van der Waals surface area contributed by atoms with Gasteiger partial charge in [0.25, 0.3) is 0 Å². The summed E-state index contributed by atoms with van der Waals surface area (Å²) in [7, 11) is 0. The van der Waals surface area contributed by atoms with Crippen molar-refractivity contribution in [3.8, 4) is 0 Å². The number of nitrogens with two attached hydrogens (primary N) is 12. The maximum atomic E-state index is 11.3. The van der Waals surface area contributed by atoms with E-state index in [9.17, 15) is 9.90 Å². The predicted molar refractivity (Wildman–Crippen MR) is 98.4 cm³/mol. The number of carboxylic acid groups (broad SMARTS) is 1. The summed E-state index contributed by atoms with van der Waals surface area (Å²) in [5.74, 6) is -1.83. The SMILES string of the molecule is CCCCCC(N)(N)C(N)(N)C(N)(N)C(N)(N)C(N)(N)C(N)(N)C(=O)O. The Labute approximate surface area is 152 Å². The molecule has 0 fully saturated rings. The molecule has 14 nitrogen and oxygen atoms in total. The molecule has 26 heavy (non-hydrogen) atoms. The van der Waals surface area contributed by atoms with Crippen LogP contribution in [0.15, 0.2) is 0 Å². The number of aliphatic carboxylic acids is 1. The maximum absolute atomic E-state index is 11.3. The van der Waals surface area contributed by atoms with E-state index in [1.54, 1.807) is 0 Å². The number of unbranched alkanes of at least 4 members (excludes halogenated alkanes) is 2. The van der Waals surface area contributed by atoms with Crippen LogP contribution in [-0.2, 0) is 4.79 Å². The molecule has 0 aliphatic heterocycles. The quantitative estimate of drug-likeness (QED) is 0.124. The van der Waals surface area contributed by atoms with E-state index in [0.29, 0.717) is 6.42 Å². The lowest BCUT2D eigenvalue weighted by Gasteiger charge is -2.60. The molecule has 0 aromatic heterocycles. The fourth-order valence-electron chi connectivity index (χ4n) is 2.46. The van der Waals surface area contributed by atoms with Gasteiger partial charge in [-0.1, -0.05) is 26.2 Å². The van der Waals surface area contributed by atoms with Crippen molar-refractivity contribution in [2.45, 2.75) is 66.6 Å². The molecule has 0 bridgehead atoms. The fourth-order valence-corrected chi connectivity index (χ4v) is 2.46. The number of carbonyl (C=O) groups is 1. The Kier molecular flexibility index (Phi) is 6.91. The van der Waals surface area contributed by atoms with Crippen molar-refractivity contribution in [2.24, 2.45) is 68.8 Å². The fraction of sp³-hybridized carbons (Fsp3) is 0.917. The summed E-state index contributed by atoms with van der Waals surface area (Å²) in [5.41, 5.74) is 55.2.